The van der Waals surface area contributed by atoms with Gasteiger partial charge in [0.15, 0.2) is 5.65 Å². The molecule has 5 rings (SSSR count). The number of rotatable bonds is 7. The number of aliphatic hydroxyl groups excluding tert-OH is 1. The summed E-state index contributed by atoms with van der Waals surface area (Å²) in [7, 11) is -3.25. The van der Waals surface area contributed by atoms with E-state index in [-0.39, 0.29) is 36.3 Å². The number of nitrogens with zero attached hydrogens (tertiary/aromatic N) is 5. The smallest absolute Gasteiger partial charge is 0.178 e. The van der Waals surface area contributed by atoms with Crippen LogP contribution in [0, 0.1) is 12.8 Å². The van der Waals surface area contributed by atoms with E-state index in [4.69, 9.17) is 38.3 Å². The second-order valence-electron chi connectivity index (χ2n) is 11.1. The van der Waals surface area contributed by atoms with E-state index in [9.17, 15) is 13.5 Å². The lowest BCUT2D eigenvalue weighted by atomic mass is 9.83. The summed E-state index contributed by atoms with van der Waals surface area (Å²) in [6, 6.07) is 5.43. The number of likely N-dealkylation sites (tertiary alicyclic amines) is 1. The molecule has 2 aliphatic rings. The normalized spacial score (nSPS) is 23.6. The van der Waals surface area contributed by atoms with E-state index in [1.54, 1.807) is 6.07 Å². The highest BCUT2D eigenvalue weighted by atomic mass is 35.5. The van der Waals surface area contributed by atoms with E-state index in [0.29, 0.717) is 21.6 Å². The highest BCUT2D eigenvalue weighted by Crippen LogP contribution is 2.37. The Morgan fingerprint density at radius 2 is 2.00 bits per heavy atom. The lowest BCUT2D eigenvalue weighted by Gasteiger charge is -2.40. The lowest BCUT2D eigenvalue weighted by molar-refractivity contribution is 0.0463. The van der Waals surface area contributed by atoms with Gasteiger partial charge in [0.05, 0.1) is 35.5 Å². The molecule has 5 atom stereocenters. The summed E-state index contributed by atoms with van der Waals surface area (Å²) < 4.78 is 25.5. The van der Waals surface area contributed by atoms with Gasteiger partial charge in [-0.3, -0.25) is 4.90 Å². The van der Waals surface area contributed by atoms with E-state index in [1.807, 2.05) is 36.9 Å². The summed E-state index contributed by atoms with van der Waals surface area (Å²) in [6.07, 6.45) is 7.79. The van der Waals surface area contributed by atoms with Gasteiger partial charge in [-0.05, 0) is 75.3 Å². The Morgan fingerprint density at radius 1 is 1.25 bits per heavy atom. The van der Waals surface area contributed by atoms with Crippen LogP contribution in [0.25, 0.3) is 16.7 Å². The molecule has 1 saturated heterocycles. The van der Waals surface area contributed by atoms with Crippen molar-refractivity contribution in [1.82, 2.24) is 24.6 Å². The predicted molar refractivity (Wildman–Crippen MR) is 163 cm³/mol. The average Bonchev–Trinajstić information content (AvgIpc) is 3.47. The molecule has 12 heteroatoms. The molecule has 218 valence electrons. The van der Waals surface area contributed by atoms with Crippen LogP contribution >= 0.6 is 35.6 Å². The Morgan fingerprint density at radius 3 is 2.67 bits per heavy atom. The van der Waals surface area contributed by atoms with Gasteiger partial charge in [0, 0.05) is 28.4 Å². The van der Waals surface area contributed by atoms with Crippen molar-refractivity contribution in [3.05, 3.63) is 57.5 Å². The predicted octanol–water partition coefficient (Wildman–Crippen LogP) is 5.52. The summed E-state index contributed by atoms with van der Waals surface area (Å²) in [4.78, 5) is 12.1. The molecule has 40 heavy (non-hydrogen) atoms. The van der Waals surface area contributed by atoms with Crippen molar-refractivity contribution in [3.8, 4) is 0 Å². The Labute approximate surface area is 252 Å². The summed E-state index contributed by atoms with van der Waals surface area (Å²) in [5, 5.41) is 16.6. The van der Waals surface area contributed by atoms with Gasteiger partial charge in [-0.25, -0.2) is 23.1 Å². The molecule has 0 radical (unpaired) electrons. The summed E-state index contributed by atoms with van der Waals surface area (Å²) in [5.74, 6) is 0.116. The van der Waals surface area contributed by atoms with Gasteiger partial charge >= 0.3 is 0 Å². The molecule has 3 aromatic rings. The van der Waals surface area contributed by atoms with Crippen LogP contribution in [0.3, 0.4) is 0 Å². The number of aryl methyl sites for hydroxylation is 1. The van der Waals surface area contributed by atoms with Crippen LogP contribution in [0.1, 0.15) is 62.5 Å². The summed E-state index contributed by atoms with van der Waals surface area (Å²) in [5.41, 5.74) is 5.16. The van der Waals surface area contributed by atoms with Crippen molar-refractivity contribution in [2.75, 3.05) is 18.6 Å². The van der Waals surface area contributed by atoms with E-state index in [1.165, 1.54) is 6.26 Å². The molecule has 1 N–H and O–H groups in total. The number of aromatic nitrogens is 4. The third kappa shape index (κ3) is 6.35. The van der Waals surface area contributed by atoms with E-state index >= 15 is 0 Å². The van der Waals surface area contributed by atoms with Gasteiger partial charge in [-0.1, -0.05) is 42.3 Å². The van der Waals surface area contributed by atoms with Crippen molar-refractivity contribution in [2.24, 2.45) is 5.92 Å². The molecule has 8 nitrogen and oxygen atoms in total. The van der Waals surface area contributed by atoms with Crippen molar-refractivity contribution < 1.29 is 13.5 Å². The number of halogens is 3. The molecule has 1 aliphatic carbocycles. The lowest BCUT2D eigenvalue weighted by Crippen LogP contribution is -2.50. The number of sulfone groups is 1. The molecule has 3 heterocycles. The zero-order valence-corrected chi connectivity index (χ0v) is 26.2. The standard InChI is InChI=1S/C28H35Cl2N5O3S.ClH/c1-16-12-19(7-10-24(16)34-11-5-6-25(34)26(36)15-39(4,37)38)23-14-31-27-17(2)33-35(28(27)32-23)18(3)21-9-8-20(29)13-22(21)30;/h7-9,13-14,16,18,24-26,36H,5-6,10-12,15H2,1-4H3;1H/t16-,18?,24+,25+,26?;/m1./s1. The third-order valence-electron chi connectivity index (χ3n) is 8.17. The Bertz CT molecular complexity index is 1530. The van der Waals surface area contributed by atoms with Crippen LogP contribution in [0.5, 0.6) is 0 Å². The molecule has 0 bridgehead atoms. The van der Waals surface area contributed by atoms with Gasteiger partial charge in [-0.2, -0.15) is 5.10 Å². The minimum absolute atomic E-state index is 0. The molecule has 1 aliphatic heterocycles. The highest BCUT2D eigenvalue weighted by molar-refractivity contribution is 7.90. The molecule has 0 saturated carbocycles. The summed E-state index contributed by atoms with van der Waals surface area (Å²) in [6.45, 7) is 7.06. The Kier molecular flexibility index (Phi) is 9.54. The fraction of sp³-hybridized carbons (Fsp3) is 0.536. The van der Waals surface area contributed by atoms with Crippen molar-refractivity contribution in [2.45, 2.75) is 70.7 Å². The largest absolute Gasteiger partial charge is 0.390 e. The fourth-order valence-corrected chi connectivity index (χ4v) is 7.65. The molecule has 2 aromatic heterocycles. The van der Waals surface area contributed by atoms with Crippen LogP contribution in [0.2, 0.25) is 10.0 Å². The molecule has 2 unspecified atom stereocenters. The third-order valence-corrected chi connectivity index (χ3v) is 9.68. The van der Waals surface area contributed by atoms with E-state index in [0.717, 1.165) is 60.3 Å². The second-order valence-corrected chi connectivity index (χ2v) is 14.1. The van der Waals surface area contributed by atoms with Gasteiger partial charge in [0.2, 0.25) is 0 Å². The number of hydrogen-bond donors (Lipinski definition) is 1. The van der Waals surface area contributed by atoms with Crippen LogP contribution in [0.4, 0.5) is 0 Å². The molecule has 1 fully saturated rings. The molecule has 1 aromatic carbocycles. The average molecular weight is 629 g/mol. The van der Waals surface area contributed by atoms with Crippen molar-refractivity contribution in [3.63, 3.8) is 0 Å². The maximum Gasteiger partial charge on any atom is 0.178 e. The van der Waals surface area contributed by atoms with Crippen LogP contribution in [0.15, 0.2) is 30.5 Å². The minimum Gasteiger partial charge on any atom is -0.390 e. The second kappa shape index (κ2) is 12.2. The maximum atomic E-state index is 11.8. The van der Waals surface area contributed by atoms with Crippen LogP contribution < -0.4 is 0 Å². The first-order valence-corrected chi connectivity index (χ1v) is 16.2. The van der Waals surface area contributed by atoms with E-state index < -0.39 is 15.9 Å². The quantitative estimate of drug-likeness (QED) is 0.367. The van der Waals surface area contributed by atoms with Crippen molar-refractivity contribution in [1.29, 1.82) is 0 Å². The molecule has 0 amide bonds. The minimum atomic E-state index is -3.25. The van der Waals surface area contributed by atoms with Gasteiger partial charge in [0.25, 0.3) is 0 Å². The molecular formula is C28H36Cl3N5O3S. The topological polar surface area (TPSA) is 101 Å². The van der Waals surface area contributed by atoms with Crippen LogP contribution in [-0.4, -0.2) is 74.9 Å². The monoisotopic (exact) mass is 627 g/mol. The highest BCUT2D eigenvalue weighted by Gasteiger charge is 2.39. The molecular weight excluding hydrogens is 593 g/mol. The fourth-order valence-electron chi connectivity index (χ4n) is 6.24. The zero-order chi connectivity index (χ0) is 28.1. The number of aliphatic hydroxyl groups is 1. The first kappa shape index (κ1) is 31.2. The number of allylic oxidation sites excluding steroid dienone is 1. The molecule has 0 spiro atoms. The number of benzene rings is 1. The van der Waals surface area contributed by atoms with Gasteiger partial charge in [0.1, 0.15) is 15.4 Å². The first-order chi connectivity index (χ1) is 18.4. The Hall–Kier alpha value is -1.75. The number of hydrogen-bond acceptors (Lipinski definition) is 7. The van der Waals surface area contributed by atoms with Gasteiger partial charge < -0.3 is 5.11 Å². The first-order valence-electron chi connectivity index (χ1n) is 13.4. The Balaban J connectivity index is 0.00000370. The van der Waals surface area contributed by atoms with E-state index in [2.05, 4.69) is 17.9 Å². The zero-order valence-electron chi connectivity index (χ0n) is 23.1. The summed E-state index contributed by atoms with van der Waals surface area (Å²) >= 11 is 12.6. The SMILES string of the molecule is Cc1nn(C(C)c2ccc(Cl)cc2Cl)c2nc(C3=CC[C@H](N4CCC[C@H]4C(O)CS(C)(=O)=O)[C@H](C)C3)cnc12.Cl. The number of fused-ring (bicyclic) bond motifs is 1. The van der Waals surface area contributed by atoms with Crippen LogP contribution in [-0.2, 0) is 9.84 Å². The maximum absolute atomic E-state index is 11.8. The van der Waals surface area contributed by atoms with Crippen molar-refractivity contribution >= 4 is 62.2 Å². The van der Waals surface area contributed by atoms with Gasteiger partial charge in [-0.15, -0.1) is 12.4 Å².